The first-order valence-corrected chi connectivity index (χ1v) is 9.22. The highest BCUT2D eigenvalue weighted by atomic mass is 16.5. The van der Waals surface area contributed by atoms with Gasteiger partial charge >= 0.3 is 5.97 Å². The number of hydrogen-bond acceptors (Lipinski definition) is 4. The van der Waals surface area contributed by atoms with Crippen LogP contribution in [0.15, 0.2) is 60.7 Å². The number of nitrogens with one attached hydrogen (secondary N) is 1. The monoisotopic (exact) mass is 377 g/mol. The first-order valence-electron chi connectivity index (χ1n) is 9.22. The van der Waals surface area contributed by atoms with Gasteiger partial charge in [-0.2, -0.15) is 0 Å². The summed E-state index contributed by atoms with van der Waals surface area (Å²) in [5.74, 6) is -0.0767. The topological polar surface area (TPSA) is 64.6 Å². The lowest BCUT2D eigenvalue weighted by atomic mass is 10.1. The van der Waals surface area contributed by atoms with Crippen molar-refractivity contribution in [2.75, 3.05) is 11.9 Å². The number of carbonyl (C=O) groups excluding carboxylic acids is 2. The fourth-order valence-electron chi connectivity index (χ4n) is 2.93. The second-order valence-electron chi connectivity index (χ2n) is 6.46. The fraction of sp³-hybridized carbons (Fsp3) is 0.217. The van der Waals surface area contributed by atoms with Crippen molar-refractivity contribution >= 4 is 28.3 Å². The number of amides is 1. The summed E-state index contributed by atoms with van der Waals surface area (Å²) in [4.78, 5) is 24.6. The number of fused-ring (bicyclic) bond motifs is 1. The highest BCUT2D eigenvalue weighted by Crippen LogP contribution is 2.23. The third-order valence-corrected chi connectivity index (χ3v) is 4.49. The van der Waals surface area contributed by atoms with E-state index in [-0.39, 0.29) is 5.91 Å². The summed E-state index contributed by atoms with van der Waals surface area (Å²) in [6, 6.07) is 18.8. The SMILES string of the molecule is CCOC(=O)c1cccc(NC(=O)C(C)Oc2ccc3ccccc3c2)c1C. The van der Waals surface area contributed by atoms with Crippen molar-refractivity contribution in [2.24, 2.45) is 0 Å². The molecule has 144 valence electrons. The van der Waals surface area contributed by atoms with Gasteiger partial charge in [-0.1, -0.05) is 36.4 Å². The lowest BCUT2D eigenvalue weighted by Crippen LogP contribution is -2.30. The van der Waals surface area contributed by atoms with E-state index in [2.05, 4.69) is 5.32 Å². The van der Waals surface area contributed by atoms with E-state index in [0.29, 0.717) is 29.2 Å². The van der Waals surface area contributed by atoms with Crippen LogP contribution in [0.2, 0.25) is 0 Å². The second kappa shape index (κ2) is 8.57. The summed E-state index contributed by atoms with van der Waals surface area (Å²) in [5, 5.41) is 4.99. The van der Waals surface area contributed by atoms with Crippen LogP contribution in [0.5, 0.6) is 5.75 Å². The minimum atomic E-state index is -0.702. The van der Waals surface area contributed by atoms with Crippen molar-refractivity contribution in [1.82, 2.24) is 0 Å². The third-order valence-electron chi connectivity index (χ3n) is 4.49. The van der Waals surface area contributed by atoms with Crippen LogP contribution >= 0.6 is 0 Å². The molecule has 5 heteroatoms. The van der Waals surface area contributed by atoms with Crippen molar-refractivity contribution in [3.8, 4) is 5.75 Å². The Kier molecular flexibility index (Phi) is 5.94. The van der Waals surface area contributed by atoms with E-state index in [1.165, 1.54) is 0 Å². The average Bonchev–Trinajstić information content (AvgIpc) is 2.69. The normalized spacial score (nSPS) is 11.7. The second-order valence-corrected chi connectivity index (χ2v) is 6.46. The molecule has 0 heterocycles. The Morgan fingerprint density at radius 2 is 1.75 bits per heavy atom. The van der Waals surface area contributed by atoms with Crippen molar-refractivity contribution in [3.63, 3.8) is 0 Å². The van der Waals surface area contributed by atoms with E-state index < -0.39 is 12.1 Å². The highest BCUT2D eigenvalue weighted by molar-refractivity contribution is 5.98. The molecule has 1 atom stereocenters. The highest BCUT2D eigenvalue weighted by Gasteiger charge is 2.18. The Morgan fingerprint density at radius 1 is 1.00 bits per heavy atom. The number of benzene rings is 3. The molecule has 0 saturated carbocycles. The van der Waals surface area contributed by atoms with Crippen LogP contribution in [-0.2, 0) is 9.53 Å². The first-order chi connectivity index (χ1) is 13.5. The number of rotatable bonds is 6. The van der Waals surface area contributed by atoms with Gasteiger partial charge in [0.25, 0.3) is 5.91 Å². The van der Waals surface area contributed by atoms with E-state index >= 15 is 0 Å². The molecule has 0 spiro atoms. The van der Waals surface area contributed by atoms with Gasteiger partial charge in [0.05, 0.1) is 12.2 Å². The van der Waals surface area contributed by atoms with Gasteiger partial charge in [0.2, 0.25) is 0 Å². The van der Waals surface area contributed by atoms with Crippen molar-refractivity contribution in [1.29, 1.82) is 0 Å². The first kappa shape index (κ1) is 19.4. The average molecular weight is 377 g/mol. The molecule has 1 unspecified atom stereocenters. The van der Waals surface area contributed by atoms with E-state index in [1.807, 2.05) is 42.5 Å². The largest absolute Gasteiger partial charge is 0.481 e. The Hall–Kier alpha value is -3.34. The lowest BCUT2D eigenvalue weighted by molar-refractivity contribution is -0.122. The molecular formula is C23H23NO4. The van der Waals surface area contributed by atoms with Crippen molar-refractivity contribution < 1.29 is 19.1 Å². The zero-order chi connectivity index (χ0) is 20.1. The van der Waals surface area contributed by atoms with Crippen LogP contribution in [0.3, 0.4) is 0 Å². The predicted molar refractivity (Wildman–Crippen MR) is 110 cm³/mol. The molecule has 5 nitrogen and oxygen atoms in total. The minimum absolute atomic E-state index is 0.294. The van der Waals surface area contributed by atoms with Crippen LogP contribution in [0.4, 0.5) is 5.69 Å². The zero-order valence-corrected chi connectivity index (χ0v) is 16.2. The molecule has 0 aliphatic heterocycles. The summed E-state index contributed by atoms with van der Waals surface area (Å²) < 4.78 is 10.9. The molecule has 28 heavy (non-hydrogen) atoms. The molecule has 1 amide bonds. The molecule has 0 saturated heterocycles. The lowest BCUT2D eigenvalue weighted by Gasteiger charge is -2.17. The Bertz CT molecular complexity index is 1010. The van der Waals surface area contributed by atoms with Crippen LogP contribution < -0.4 is 10.1 Å². The van der Waals surface area contributed by atoms with E-state index in [9.17, 15) is 9.59 Å². The Labute approximate surface area is 164 Å². The number of carbonyl (C=O) groups is 2. The quantitative estimate of drug-likeness (QED) is 0.631. The maximum absolute atomic E-state index is 12.6. The Balaban J connectivity index is 1.71. The van der Waals surface area contributed by atoms with E-state index in [0.717, 1.165) is 10.8 Å². The molecular weight excluding hydrogens is 354 g/mol. The zero-order valence-electron chi connectivity index (χ0n) is 16.2. The van der Waals surface area contributed by atoms with Crippen molar-refractivity contribution in [3.05, 3.63) is 71.8 Å². The van der Waals surface area contributed by atoms with E-state index in [1.54, 1.807) is 39.0 Å². The van der Waals surface area contributed by atoms with Crippen LogP contribution in [0, 0.1) is 6.92 Å². The van der Waals surface area contributed by atoms with Gasteiger partial charge in [-0.3, -0.25) is 4.79 Å². The molecule has 0 aromatic heterocycles. The van der Waals surface area contributed by atoms with Crippen LogP contribution in [0.1, 0.15) is 29.8 Å². The van der Waals surface area contributed by atoms with Gasteiger partial charge in [0, 0.05) is 5.69 Å². The summed E-state index contributed by atoms with van der Waals surface area (Å²) in [6.45, 7) is 5.52. The van der Waals surface area contributed by atoms with Gasteiger partial charge in [-0.15, -0.1) is 0 Å². The van der Waals surface area contributed by atoms with Crippen molar-refractivity contribution in [2.45, 2.75) is 26.9 Å². The summed E-state index contributed by atoms with van der Waals surface area (Å²) in [6.07, 6.45) is -0.702. The van der Waals surface area contributed by atoms with Crippen LogP contribution in [-0.4, -0.2) is 24.6 Å². The number of esters is 1. The molecule has 0 aliphatic carbocycles. The summed E-state index contributed by atoms with van der Waals surface area (Å²) in [5.41, 5.74) is 1.65. The summed E-state index contributed by atoms with van der Waals surface area (Å²) in [7, 11) is 0. The smallest absolute Gasteiger partial charge is 0.338 e. The van der Waals surface area contributed by atoms with Gasteiger partial charge in [-0.25, -0.2) is 4.79 Å². The molecule has 0 bridgehead atoms. The van der Waals surface area contributed by atoms with Gasteiger partial charge in [0.1, 0.15) is 5.75 Å². The molecule has 3 aromatic carbocycles. The molecule has 3 rings (SSSR count). The maximum Gasteiger partial charge on any atom is 0.338 e. The molecule has 1 N–H and O–H groups in total. The Morgan fingerprint density at radius 3 is 2.50 bits per heavy atom. The number of anilines is 1. The fourth-order valence-corrected chi connectivity index (χ4v) is 2.93. The molecule has 0 aliphatic rings. The molecule has 0 radical (unpaired) electrons. The minimum Gasteiger partial charge on any atom is -0.481 e. The van der Waals surface area contributed by atoms with Gasteiger partial charge < -0.3 is 14.8 Å². The van der Waals surface area contributed by atoms with Gasteiger partial charge in [0.15, 0.2) is 6.10 Å². The number of ether oxygens (including phenoxy) is 2. The molecule has 3 aromatic rings. The standard InChI is InChI=1S/C23H23NO4/c1-4-27-23(26)20-10-7-11-21(15(20)2)24-22(25)16(3)28-19-13-12-17-8-5-6-9-18(17)14-19/h5-14,16H,4H2,1-3H3,(H,24,25). The van der Waals surface area contributed by atoms with E-state index in [4.69, 9.17) is 9.47 Å². The summed E-state index contributed by atoms with van der Waals surface area (Å²) >= 11 is 0. The number of hydrogen-bond donors (Lipinski definition) is 1. The third kappa shape index (κ3) is 4.31. The predicted octanol–water partition coefficient (Wildman–Crippen LogP) is 4.73. The van der Waals surface area contributed by atoms with Crippen LogP contribution in [0.25, 0.3) is 10.8 Å². The molecule has 0 fully saturated rings. The maximum atomic E-state index is 12.6. The van der Waals surface area contributed by atoms with Gasteiger partial charge in [-0.05, 0) is 61.4 Å².